The van der Waals surface area contributed by atoms with Gasteiger partial charge in [-0.3, -0.25) is 9.59 Å². The van der Waals surface area contributed by atoms with Crippen molar-refractivity contribution >= 4 is 28.8 Å². The van der Waals surface area contributed by atoms with E-state index in [1.54, 1.807) is 27.0 Å². The van der Waals surface area contributed by atoms with Crippen molar-refractivity contribution in [3.05, 3.63) is 77.6 Å². The smallest absolute Gasteiger partial charge is 0.262 e. The van der Waals surface area contributed by atoms with Crippen molar-refractivity contribution in [2.24, 2.45) is 11.0 Å². The van der Waals surface area contributed by atoms with E-state index in [1.807, 2.05) is 36.4 Å². The number of nitrogens with one attached hydrogen (secondary N) is 2. The minimum atomic E-state index is -0.890. The maximum absolute atomic E-state index is 13.9. The van der Waals surface area contributed by atoms with E-state index in [1.165, 1.54) is 24.4 Å². The number of ether oxygens (including phenoxy) is 1. The summed E-state index contributed by atoms with van der Waals surface area (Å²) < 4.78 is 19.3. The molecule has 0 saturated heterocycles. The minimum Gasteiger partial charge on any atom is -0.496 e. The highest BCUT2D eigenvalue weighted by molar-refractivity contribution is 6.03. The summed E-state index contributed by atoms with van der Waals surface area (Å²) in [4.78, 5) is 25.1. The first-order valence-electron chi connectivity index (χ1n) is 9.86. The van der Waals surface area contributed by atoms with Crippen molar-refractivity contribution in [3.63, 3.8) is 0 Å². The Labute approximate surface area is 180 Å². The number of nitrogens with zero attached hydrogens (tertiary/aromatic N) is 1. The Kier molecular flexibility index (Phi) is 6.97. The summed E-state index contributed by atoms with van der Waals surface area (Å²) in [7, 11) is 1.56. The van der Waals surface area contributed by atoms with Gasteiger partial charge in [0.05, 0.1) is 18.9 Å². The molecule has 0 saturated carbocycles. The third kappa shape index (κ3) is 5.06. The van der Waals surface area contributed by atoms with Crippen molar-refractivity contribution in [2.45, 2.75) is 19.9 Å². The molecule has 3 aromatic rings. The van der Waals surface area contributed by atoms with Crippen LogP contribution in [0.3, 0.4) is 0 Å². The summed E-state index contributed by atoms with van der Waals surface area (Å²) in [5.41, 5.74) is 3.07. The molecular weight excluding hydrogens is 397 g/mol. The summed E-state index contributed by atoms with van der Waals surface area (Å²) >= 11 is 0. The quantitative estimate of drug-likeness (QED) is 0.449. The van der Waals surface area contributed by atoms with Crippen LogP contribution in [0.4, 0.5) is 4.39 Å². The van der Waals surface area contributed by atoms with Crippen LogP contribution in [0.5, 0.6) is 5.75 Å². The lowest BCUT2D eigenvalue weighted by molar-refractivity contribution is -0.123. The molecule has 2 N–H and O–H groups in total. The first-order valence-corrected chi connectivity index (χ1v) is 9.86. The Bertz CT molecular complexity index is 1130. The Morgan fingerprint density at radius 3 is 2.45 bits per heavy atom. The molecule has 3 aromatic carbocycles. The number of hydrazone groups is 1. The molecule has 0 fully saturated rings. The van der Waals surface area contributed by atoms with E-state index in [2.05, 4.69) is 15.8 Å². The normalized spacial score (nSPS) is 12.2. The standard InChI is InChI=1S/C24H24FN3O3/c1-15(2)22(27-23(29)18-10-6-7-11-20(18)25)24(30)28-26-14-19-17-9-5-4-8-16(17)12-13-21(19)31-3/h4-15,22H,1-3H3,(H,27,29)(H,28,30). The average molecular weight is 421 g/mol. The maximum atomic E-state index is 13.9. The molecule has 0 bridgehead atoms. The van der Waals surface area contributed by atoms with Crippen molar-refractivity contribution in [1.29, 1.82) is 0 Å². The molecule has 0 aliphatic carbocycles. The third-order valence-electron chi connectivity index (χ3n) is 4.87. The van der Waals surface area contributed by atoms with Gasteiger partial charge in [0.2, 0.25) is 0 Å². The van der Waals surface area contributed by atoms with Gasteiger partial charge in [-0.2, -0.15) is 5.10 Å². The van der Waals surface area contributed by atoms with Gasteiger partial charge >= 0.3 is 0 Å². The fraction of sp³-hybridized carbons (Fsp3) is 0.208. The largest absolute Gasteiger partial charge is 0.496 e. The summed E-state index contributed by atoms with van der Waals surface area (Å²) in [5.74, 6) is -1.44. The van der Waals surface area contributed by atoms with Gasteiger partial charge in [-0.25, -0.2) is 9.82 Å². The fourth-order valence-corrected chi connectivity index (χ4v) is 3.22. The number of hydrogen-bond donors (Lipinski definition) is 2. The number of fused-ring (bicyclic) bond motifs is 1. The van der Waals surface area contributed by atoms with Crippen LogP contribution in [0.25, 0.3) is 10.8 Å². The zero-order valence-corrected chi connectivity index (χ0v) is 17.6. The lowest BCUT2D eigenvalue weighted by atomic mass is 10.0. The minimum absolute atomic E-state index is 0.120. The van der Waals surface area contributed by atoms with Gasteiger partial charge < -0.3 is 10.1 Å². The molecule has 3 rings (SSSR count). The van der Waals surface area contributed by atoms with Gasteiger partial charge in [0.25, 0.3) is 11.8 Å². The molecule has 0 spiro atoms. The Balaban J connectivity index is 1.77. The Morgan fingerprint density at radius 2 is 1.74 bits per heavy atom. The van der Waals surface area contributed by atoms with E-state index >= 15 is 0 Å². The van der Waals surface area contributed by atoms with Crippen molar-refractivity contribution < 1.29 is 18.7 Å². The molecular formula is C24H24FN3O3. The second-order valence-corrected chi connectivity index (χ2v) is 7.31. The Morgan fingerprint density at radius 1 is 1.03 bits per heavy atom. The molecule has 6 nitrogen and oxygen atoms in total. The van der Waals surface area contributed by atoms with E-state index in [0.717, 1.165) is 16.3 Å². The van der Waals surface area contributed by atoms with Crippen LogP contribution in [0, 0.1) is 11.7 Å². The molecule has 0 aliphatic rings. The van der Waals surface area contributed by atoms with Crippen LogP contribution in [0.15, 0.2) is 65.8 Å². The highest BCUT2D eigenvalue weighted by atomic mass is 19.1. The molecule has 31 heavy (non-hydrogen) atoms. The SMILES string of the molecule is COc1ccc2ccccc2c1C=NNC(=O)C(NC(=O)c1ccccc1F)C(C)C. The first kappa shape index (κ1) is 22.0. The highest BCUT2D eigenvalue weighted by Gasteiger charge is 2.25. The van der Waals surface area contributed by atoms with E-state index in [9.17, 15) is 14.0 Å². The molecule has 160 valence electrons. The lowest BCUT2D eigenvalue weighted by Crippen LogP contribution is -2.48. The Hall–Kier alpha value is -3.74. The number of halogens is 1. The van der Waals surface area contributed by atoms with Crippen LogP contribution in [0.1, 0.15) is 29.8 Å². The second kappa shape index (κ2) is 9.84. The number of rotatable bonds is 7. The van der Waals surface area contributed by atoms with Gasteiger partial charge in [0, 0.05) is 5.56 Å². The molecule has 0 aliphatic heterocycles. The topological polar surface area (TPSA) is 79.8 Å². The lowest BCUT2D eigenvalue weighted by Gasteiger charge is -2.20. The predicted molar refractivity (Wildman–Crippen MR) is 119 cm³/mol. The van der Waals surface area contributed by atoms with Crippen molar-refractivity contribution in [1.82, 2.24) is 10.7 Å². The van der Waals surface area contributed by atoms with E-state index in [4.69, 9.17) is 4.74 Å². The predicted octanol–water partition coefficient (Wildman–Crippen LogP) is 3.89. The number of methoxy groups -OCH3 is 1. The number of carbonyl (C=O) groups is 2. The molecule has 2 amide bonds. The van der Waals surface area contributed by atoms with E-state index < -0.39 is 23.7 Å². The molecule has 0 radical (unpaired) electrons. The van der Waals surface area contributed by atoms with E-state index in [-0.39, 0.29) is 11.5 Å². The van der Waals surface area contributed by atoms with Gasteiger partial charge in [-0.1, -0.05) is 56.3 Å². The van der Waals surface area contributed by atoms with Crippen molar-refractivity contribution in [2.75, 3.05) is 7.11 Å². The number of carbonyl (C=O) groups excluding carboxylic acids is 2. The first-order chi connectivity index (χ1) is 14.9. The van der Waals surface area contributed by atoms with Gasteiger partial charge in [0.15, 0.2) is 0 Å². The van der Waals surface area contributed by atoms with Crippen LogP contribution < -0.4 is 15.5 Å². The monoisotopic (exact) mass is 421 g/mol. The number of hydrogen-bond acceptors (Lipinski definition) is 4. The molecule has 1 atom stereocenters. The molecule has 0 heterocycles. The van der Waals surface area contributed by atoms with Crippen molar-refractivity contribution in [3.8, 4) is 5.75 Å². The summed E-state index contributed by atoms with van der Waals surface area (Å²) in [6.07, 6.45) is 1.51. The van der Waals surface area contributed by atoms with Crippen LogP contribution in [-0.4, -0.2) is 31.2 Å². The molecule has 0 aromatic heterocycles. The van der Waals surface area contributed by atoms with Crippen LogP contribution >= 0.6 is 0 Å². The zero-order chi connectivity index (χ0) is 22.4. The molecule has 1 unspecified atom stereocenters. The fourth-order valence-electron chi connectivity index (χ4n) is 3.22. The second-order valence-electron chi connectivity index (χ2n) is 7.31. The van der Waals surface area contributed by atoms with Gasteiger partial charge in [-0.15, -0.1) is 0 Å². The van der Waals surface area contributed by atoms with Crippen LogP contribution in [-0.2, 0) is 4.79 Å². The number of benzene rings is 3. The number of amides is 2. The van der Waals surface area contributed by atoms with Gasteiger partial charge in [0.1, 0.15) is 17.6 Å². The third-order valence-corrected chi connectivity index (χ3v) is 4.87. The van der Waals surface area contributed by atoms with Gasteiger partial charge in [-0.05, 0) is 34.9 Å². The van der Waals surface area contributed by atoms with Crippen LogP contribution in [0.2, 0.25) is 0 Å². The summed E-state index contributed by atoms with van der Waals surface area (Å²) in [6, 6.07) is 16.2. The molecule has 7 heteroatoms. The zero-order valence-electron chi connectivity index (χ0n) is 17.6. The highest BCUT2D eigenvalue weighted by Crippen LogP contribution is 2.26. The average Bonchev–Trinajstić information content (AvgIpc) is 2.77. The summed E-state index contributed by atoms with van der Waals surface area (Å²) in [6.45, 7) is 3.56. The summed E-state index contributed by atoms with van der Waals surface area (Å²) in [5, 5.41) is 8.59. The maximum Gasteiger partial charge on any atom is 0.262 e. The van der Waals surface area contributed by atoms with E-state index in [0.29, 0.717) is 5.75 Å².